The first-order valence-electron chi connectivity index (χ1n) is 7.08. The van der Waals surface area contributed by atoms with E-state index in [4.69, 9.17) is 11.6 Å². The summed E-state index contributed by atoms with van der Waals surface area (Å²) in [5.74, 6) is 0.197. The third kappa shape index (κ3) is 3.10. The summed E-state index contributed by atoms with van der Waals surface area (Å²) in [6.45, 7) is 3.81. The number of phenols is 1. The minimum absolute atomic E-state index is 0.197. The molecule has 3 aromatic rings. The first-order chi connectivity index (χ1) is 11.1. The Kier molecular flexibility index (Phi) is 4.12. The van der Waals surface area contributed by atoms with Crippen molar-refractivity contribution in [1.82, 2.24) is 9.78 Å². The number of benzene rings is 2. The summed E-state index contributed by atoms with van der Waals surface area (Å²) in [7, 11) is 0. The molecule has 1 N–H and O–H groups in total. The average Bonchev–Trinajstić information content (AvgIpc) is 2.82. The Balaban J connectivity index is 1.98. The minimum Gasteiger partial charge on any atom is -0.508 e. The number of para-hydroxylation sites is 1. The van der Waals surface area contributed by atoms with Gasteiger partial charge in [0, 0.05) is 0 Å². The van der Waals surface area contributed by atoms with Gasteiger partial charge in [-0.15, -0.1) is 5.11 Å². The molecule has 116 valence electrons. The van der Waals surface area contributed by atoms with Gasteiger partial charge in [0.1, 0.15) is 11.4 Å². The van der Waals surface area contributed by atoms with Gasteiger partial charge in [0.25, 0.3) is 0 Å². The molecule has 0 fully saturated rings. The van der Waals surface area contributed by atoms with Crippen LogP contribution in [0.1, 0.15) is 11.4 Å². The van der Waals surface area contributed by atoms with Gasteiger partial charge >= 0.3 is 0 Å². The monoisotopic (exact) mass is 326 g/mol. The van der Waals surface area contributed by atoms with Gasteiger partial charge in [-0.1, -0.05) is 23.7 Å². The molecule has 0 aliphatic carbocycles. The number of phenolic OH excluding ortho intramolecular Hbond substituents is 1. The maximum Gasteiger partial charge on any atom is 0.130 e. The van der Waals surface area contributed by atoms with Crippen LogP contribution in [-0.4, -0.2) is 14.9 Å². The maximum atomic E-state index is 9.29. The van der Waals surface area contributed by atoms with Gasteiger partial charge in [-0.05, 0) is 50.2 Å². The van der Waals surface area contributed by atoms with Gasteiger partial charge in [-0.3, -0.25) is 0 Å². The molecule has 0 radical (unpaired) electrons. The Bertz CT molecular complexity index is 869. The van der Waals surface area contributed by atoms with E-state index in [0.29, 0.717) is 16.4 Å². The molecule has 0 unspecified atom stereocenters. The molecular weight excluding hydrogens is 312 g/mol. The first kappa shape index (κ1) is 15.2. The number of aromatic hydroxyl groups is 1. The van der Waals surface area contributed by atoms with Gasteiger partial charge in [0.2, 0.25) is 0 Å². The van der Waals surface area contributed by atoms with Gasteiger partial charge in [-0.2, -0.15) is 10.2 Å². The number of aromatic nitrogens is 2. The normalized spacial score (nSPS) is 11.3. The highest BCUT2D eigenvalue weighted by molar-refractivity contribution is 6.32. The lowest BCUT2D eigenvalue weighted by atomic mass is 10.3. The van der Waals surface area contributed by atoms with Crippen molar-refractivity contribution >= 4 is 23.0 Å². The van der Waals surface area contributed by atoms with E-state index in [1.807, 2.05) is 38.1 Å². The van der Waals surface area contributed by atoms with Crippen molar-refractivity contribution < 1.29 is 5.11 Å². The number of aryl methyl sites for hydroxylation is 1. The zero-order chi connectivity index (χ0) is 16.4. The molecule has 0 spiro atoms. The Morgan fingerprint density at radius 2 is 1.70 bits per heavy atom. The lowest BCUT2D eigenvalue weighted by Gasteiger charge is -2.05. The summed E-state index contributed by atoms with van der Waals surface area (Å²) < 4.78 is 1.77. The van der Waals surface area contributed by atoms with Crippen LogP contribution in [0.4, 0.5) is 11.4 Å². The van der Waals surface area contributed by atoms with E-state index >= 15 is 0 Å². The van der Waals surface area contributed by atoms with E-state index < -0.39 is 0 Å². The number of azo groups is 1. The quantitative estimate of drug-likeness (QED) is 0.667. The highest BCUT2D eigenvalue weighted by atomic mass is 35.5. The zero-order valence-corrected chi connectivity index (χ0v) is 13.5. The lowest BCUT2D eigenvalue weighted by Crippen LogP contribution is -1.99. The smallest absolute Gasteiger partial charge is 0.130 e. The summed E-state index contributed by atoms with van der Waals surface area (Å²) in [5.41, 5.74) is 3.80. The van der Waals surface area contributed by atoms with E-state index in [0.717, 1.165) is 17.1 Å². The van der Waals surface area contributed by atoms with Crippen molar-refractivity contribution in [2.24, 2.45) is 10.2 Å². The van der Waals surface area contributed by atoms with Crippen LogP contribution >= 0.6 is 11.6 Å². The van der Waals surface area contributed by atoms with Gasteiger partial charge < -0.3 is 5.11 Å². The van der Waals surface area contributed by atoms with E-state index in [2.05, 4.69) is 15.3 Å². The summed E-state index contributed by atoms with van der Waals surface area (Å²) in [4.78, 5) is 0. The lowest BCUT2D eigenvalue weighted by molar-refractivity contribution is 0.475. The van der Waals surface area contributed by atoms with E-state index in [9.17, 15) is 5.11 Å². The topological polar surface area (TPSA) is 62.8 Å². The van der Waals surface area contributed by atoms with Crippen molar-refractivity contribution in [3.05, 3.63) is 64.9 Å². The van der Waals surface area contributed by atoms with Crippen LogP contribution < -0.4 is 0 Å². The molecule has 0 bridgehead atoms. The number of hydrogen-bond donors (Lipinski definition) is 1. The molecule has 1 heterocycles. The van der Waals surface area contributed by atoms with E-state index in [1.54, 1.807) is 28.9 Å². The fourth-order valence-electron chi connectivity index (χ4n) is 2.26. The second kappa shape index (κ2) is 6.22. The summed E-state index contributed by atoms with van der Waals surface area (Å²) in [6.07, 6.45) is 0. The highest BCUT2D eigenvalue weighted by Gasteiger charge is 2.14. The molecule has 2 aromatic carbocycles. The minimum atomic E-state index is 0.197. The fourth-order valence-corrected chi connectivity index (χ4v) is 2.48. The third-order valence-corrected chi connectivity index (χ3v) is 3.77. The molecule has 0 aliphatic rings. The highest BCUT2D eigenvalue weighted by Crippen LogP contribution is 2.30. The zero-order valence-electron chi connectivity index (χ0n) is 12.7. The predicted molar refractivity (Wildman–Crippen MR) is 90.3 cm³/mol. The molecule has 5 nitrogen and oxygen atoms in total. The van der Waals surface area contributed by atoms with Crippen molar-refractivity contribution in [1.29, 1.82) is 0 Å². The molecule has 0 saturated heterocycles. The van der Waals surface area contributed by atoms with Crippen LogP contribution in [0.3, 0.4) is 0 Å². The van der Waals surface area contributed by atoms with Gasteiger partial charge in [-0.25, -0.2) is 4.68 Å². The number of hydrogen-bond acceptors (Lipinski definition) is 4. The summed E-state index contributed by atoms with van der Waals surface area (Å²) in [5, 5.41) is 22.9. The second-order valence-corrected chi connectivity index (χ2v) is 5.51. The number of nitrogens with zero attached hydrogens (tertiary/aromatic N) is 4. The molecule has 6 heteroatoms. The molecule has 1 aromatic heterocycles. The van der Waals surface area contributed by atoms with Crippen molar-refractivity contribution in [3.63, 3.8) is 0 Å². The predicted octanol–water partition coefficient (Wildman–Crippen LogP) is 5.26. The van der Waals surface area contributed by atoms with Crippen LogP contribution in [0, 0.1) is 13.8 Å². The SMILES string of the molecule is Cc1nn(-c2ccccc2Cl)c(C)c1N=Nc1ccc(O)cc1. The van der Waals surface area contributed by atoms with Crippen LogP contribution in [0.5, 0.6) is 5.75 Å². The number of rotatable bonds is 3. The molecule has 0 atom stereocenters. The molecular formula is C17H15ClN4O. The second-order valence-electron chi connectivity index (χ2n) is 5.10. The third-order valence-electron chi connectivity index (χ3n) is 3.45. The van der Waals surface area contributed by atoms with E-state index in [-0.39, 0.29) is 5.75 Å². The van der Waals surface area contributed by atoms with Crippen LogP contribution in [0.25, 0.3) is 5.69 Å². The molecule has 23 heavy (non-hydrogen) atoms. The largest absolute Gasteiger partial charge is 0.508 e. The van der Waals surface area contributed by atoms with Gasteiger partial charge in [0.05, 0.1) is 27.8 Å². The van der Waals surface area contributed by atoms with Crippen LogP contribution in [0.15, 0.2) is 58.8 Å². The van der Waals surface area contributed by atoms with Crippen LogP contribution in [0.2, 0.25) is 5.02 Å². The molecule has 3 rings (SSSR count). The average molecular weight is 327 g/mol. The first-order valence-corrected chi connectivity index (χ1v) is 7.46. The molecule has 0 aliphatic heterocycles. The summed E-state index contributed by atoms with van der Waals surface area (Å²) >= 11 is 6.24. The Morgan fingerprint density at radius 3 is 2.39 bits per heavy atom. The fraction of sp³-hybridized carbons (Fsp3) is 0.118. The van der Waals surface area contributed by atoms with Crippen molar-refractivity contribution in [3.8, 4) is 11.4 Å². The van der Waals surface area contributed by atoms with Crippen LogP contribution in [-0.2, 0) is 0 Å². The van der Waals surface area contributed by atoms with E-state index in [1.165, 1.54) is 0 Å². The Labute approximate surface area is 138 Å². The molecule has 0 amide bonds. The van der Waals surface area contributed by atoms with Crippen molar-refractivity contribution in [2.75, 3.05) is 0 Å². The number of halogens is 1. The summed E-state index contributed by atoms with van der Waals surface area (Å²) in [6, 6.07) is 14.1. The Morgan fingerprint density at radius 1 is 1.00 bits per heavy atom. The molecule has 0 saturated carbocycles. The maximum absolute atomic E-state index is 9.29. The van der Waals surface area contributed by atoms with Crippen molar-refractivity contribution in [2.45, 2.75) is 13.8 Å². The Hall–Kier alpha value is -2.66. The standard InChI is InChI=1S/C17H15ClN4O/c1-11-17(20-19-13-7-9-14(23)10-8-13)12(2)22(21-11)16-6-4-3-5-15(16)18/h3-10,23H,1-2H3. The van der Waals surface area contributed by atoms with Gasteiger partial charge in [0.15, 0.2) is 0 Å².